The number of hydrogen-bond donors (Lipinski definition) is 2. The number of guanidine groups is 1. The summed E-state index contributed by atoms with van der Waals surface area (Å²) in [5.41, 5.74) is 0.966. The monoisotopic (exact) mass is 286 g/mol. The zero-order chi connectivity index (χ0) is 14.8. The molecule has 0 atom stereocenters. The predicted molar refractivity (Wildman–Crippen MR) is 83.9 cm³/mol. The van der Waals surface area contributed by atoms with Crippen LogP contribution in [-0.4, -0.2) is 33.6 Å². The Kier molecular flexibility index (Phi) is 6.25. The fourth-order valence-corrected chi connectivity index (χ4v) is 1.88. The summed E-state index contributed by atoms with van der Waals surface area (Å²) >= 11 is 0. The van der Waals surface area contributed by atoms with Gasteiger partial charge >= 0.3 is 0 Å². The van der Waals surface area contributed by atoms with Gasteiger partial charge in [-0.1, -0.05) is 6.07 Å². The average Bonchev–Trinajstić information content (AvgIpc) is 3.03. The molecule has 2 aromatic rings. The summed E-state index contributed by atoms with van der Waals surface area (Å²) in [5.74, 6) is 0.828. The molecule has 6 nitrogen and oxygen atoms in total. The lowest BCUT2D eigenvalue weighted by Crippen LogP contribution is -2.38. The van der Waals surface area contributed by atoms with Crippen LogP contribution >= 0.6 is 0 Å². The van der Waals surface area contributed by atoms with Crippen LogP contribution in [0.5, 0.6) is 0 Å². The van der Waals surface area contributed by atoms with Gasteiger partial charge in [0.2, 0.25) is 0 Å². The van der Waals surface area contributed by atoms with E-state index in [2.05, 4.69) is 37.1 Å². The predicted octanol–water partition coefficient (Wildman–Crippen LogP) is 1.42. The van der Waals surface area contributed by atoms with Gasteiger partial charge in [-0.25, -0.2) is 9.98 Å². The van der Waals surface area contributed by atoms with Crippen molar-refractivity contribution < 1.29 is 0 Å². The van der Waals surface area contributed by atoms with Crippen LogP contribution in [0.25, 0.3) is 0 Å². The van der Waals surface area contributed by atoms with E-state index in [-0.39, 0.29) is 0 Å². The van der Waals surface area contributed by atoms with E-state index < -0.39 is 0 Å². The highest BCUT2D eigenvalue weighted by Gasteiger charge is 1.98. The van der Waals surface area contributed by atoms with E-state index >= 15 is 0 Å². The third-order valence-electron chi connectivity index (χ3n) is 2.91. The van der Waals surface area contributed by atoms with Crippen molar-refractivity contribution in [2.45, 2.75) is 26.4 Å². The largest absolute Gasteiger partial charge is 0.357 e. The molecular weight excluding hydrogens is 264 g/mol. The third-order valence-corrected chi connectivity index (χ3v) is 2.91. The summed E-state index contributed by atoms with van der Waals surface area (Å²) in [6.45, 7) is 5.30. The second kappa shape index (κ2) is 8.73. The second-order valence-electron chi connectivity index (χ2n) is 4.60. The van der Waals surface area contributed by atoms with Crippen LogP contribution in [-0.2, 0) is 13.1 Å². The summed E-state index contributed by atoms with van der Waals surface area (Å²) in [7, 11) is 0. The highest BCUT2D eigenvalue weighted by Crippen LogP contribution is 1.95. The fourth-order valence-electron chi connectivity index (χ4n) is 1.88. The van der Waals surface area contributed by atoms with Crippen LogP contribution in [0.4, 0.5) is 0 Å². The van der Waals surface area contributed by atoms with Crippen molar-refractivity contribution in [3.05, 3.63) is 48.8 Å². The number of nitrogens with zero attached hydrogens (tertiary/aromatic N) is 4. The molecule has 0 aliphatic heterocycles. The summed E-state index contributed by atoms with van der Waals surface area (Å²) in [6, 6.07) is 5.86. The molecule has 0 bridgehead atoms. The lowest BCUT2D eigenvalue weighted by atomic mass is 10.3. The molecule has 0 fully saturated rings. The lowest BCUT2D eigenvalue weighted by Gasteiger charge is -2.11. The highest BCUT2D eigenvalue weighted by molar-refractivity contribution is 5.79. The quantitative estimate of drug-likeness (QED) is 0.459. The van der Waals surface area contributed by atoms with Crippen molar-refractivity contribution in [3.63, 3.8) is 0 Å². The van der Waals surface area contributed by atoms with Crippen LogP contribution in [0, 0.1) is 0 Å². The minimum Gasteiger partial charge on any atom is -0.357 e. The van der Waals surface area contributed by atoms with Gasteiger partial charge in [-0.3, -0.25) is 4.98 Å². The van der Waals surface area contributed by atoms with Crippen molar-refractivity contribution in [2.75, 3.05) is 13.1 Å². The molecule has 2 aromatic heterocycles. The first-order valence-corrected chi connectivity index (χ1v) is 7.26. The first kappa shape index (κ1) is 15.0. The van der Waals surface area contributed by atoms with Gasteiger partial charge in [0, 0.05) is 38.2 Å². The third kappa shape index (κ3) is 5.64. The first-order chi connectivity index (χ1) is 10.4. The van der Waals surface area contributed by atoms with E-state index in [0.717, 1.165) is 37.7 Å². The molecule has 0 aliphatic rings. The second-order valence-corrected chi connectivity index (χ2v) is 4.60. The Balaban J connectivity index is 1.75. The molecule has 112 valence electrons. The van der Waals surface area contributed by atoms with E-state index in [4.69, 9.17) is 0 Å². The molecule has 0 saturated heterocycles. The maximum Gasteiger partial charge on any atom is 0.191 e. The molecule has 0 aliphatic carbocycles. The Bertz CT molecular complexity index is 520. The summed E-state index contributed by atoms with van der Waals surface area (Å²) < 4.78 is 2.07. The van der Waals surface area contributed by atoms with Crippen molar-refractivity contribution >= 4 is 5.96 Å². The van der Waals surface area contributed by atoms with Crippen LogP contribution in [0.1, 0.15) is 19.0 Å². The molecule has 0 amide bonds. The van der Waals surface area contributed by atoms with Gasteiger partial charge in [0.1, 0.15) is 0 Å². The van der Waals surface area contributed by atoms with E-state index in [1.54, 1.807) is 12.4 Å². The Morgan fingerprint density at radius 3 is 2.95 bits per heavy atom. The minimum absolute atomic E-state index is 0.581. The van der Waals surface area contributed by atoms with Gasteiger partial charge in [0.25, 0.3) is 0 Å². The molecule has 0 saturated carbocycles. The number of pyridine rings is 1. The van der Waals surface area contributed by atoms with Gasteiger partial charge < -0.3 is 15.2 Å². The number of hydrogen-bond acceptors (Lipinski definition) is 3. The normalized spacial score (nSPS) is 11.4. The zero-order valence-corrected chi connectivity index (χ0v) is 12.4. The van der Waals surface area contributed by atoms with Gasteiger partial charge in [0.15, 0.2) is 5.96 Å². The van der Waals surface area contributed by atoms with Crippen LogP contribution in [0.3, 0.4) is 0 Å². The number of rotatable bonds is 7. The maximum absolute atomic E-state index is 4.53. The first-order valence-electron chi connectivity index (χ1n) is 7.26. The number of aromatic nitrogens is 3. The summed E-state index contributed by atoms with van der Waals surface area (Å²) in [4.78, 5) is 12.8. The standard InChI is InChI=1S/C15H22N6/c1-2-17-15(20-12-14-6-3-4-7-18-14)19-8-5-10-21-11-9-16-13-21/h3-4,6-7,9,11,13H,2,5,8,10,12H2,1H3,(H2,17,19,20). The Labute approximate surface area is 125 Å². The number of nitrogens with one attached hydrogen (secondary N) is 2. The van der Waals surface area contributed by atoms with Crippen molar-refractivity contribution in [3.8, 4) is 0 Å². The molecule has 2 heterocycles. The van der Waals surface area contributed by atoms with Crippen molar-refractivity contribution in [2.24, 2.45) is 4.99 Å². The maximum atomic E-state index is 4.53. The Morgan fingerprint density at radius 1 is 1.29 bits per heavy atom. The molecule has 6 heteroatoms. The zero-order valence-electron chi connectivity index (χ0n) is 12.4. The number of aliphatic imine (C=N–C) groups is 1. The van der Waals surface area contributed by atoms with E-state index in [1.165, 1.54) is 0 Å². The summed E-state index contributed by atoms with van der Waals surface area (Å²) in [5, 5.41) is 6.57. The summed E-state index contributed by atoms with van der Waals surface area (Å²) in [6.07, 6.45) is 8.41. The smallest absolute Gasteiger partial charge is 0.191 e. The van der Waals surface area contributed by atoms with E-state index in [9.17, 15) is 0 Å². The van der Waals surface area contributed by atoms with Gasteiger partial charge in [0.05, 0.1) is 18.6 Å². The molecule has 0 radical (unpaired) electrons. The molecule has 2 rings (SSSR count). The van der Waals surface area contributed by atoms with E-state index in [1.807, 2.05) is 30.7 Å². The molecule has 0 unspecified atom stereocenters. The Morgan fingerprint density at radius 2 is 2.24 bits per heavy atom. The lowest BCUT2D eigenvalue weighted by molar-refractivity contribution is 0.624. The van der Waals surface area contributed by atoms with Gasteiger partial charge in [-0.2, -0.15) is 0 Å². The molecule has 0 aromatic carbocycles. The van der Waals surface area contributed by atoms with Crippen LogP contribution in [0.2, 0.25) is 0 Å². The van der Waals surface area contributed by atoms with Crippen LogP contribution in [0.15, 0.2) is 48.1 Å². The fraction of sp³-hybridized carbons (Fsp3) is 0.400. The van der Waals surface area contributed by atoms with E-state index in [0.29, 0.717) is 6.54 Å². The number of aryl methyl sites for hydroxylation is 1. The van der Waals surface area contributed by atoms with Crippen LogP contribution < -0.4 is 10.6 Å². The molecule has 21 heavy (non-hydrogen) atoms. The van der Waals surface area contributed by atoms with Gasteiger partial charge in [-0.05, 0) is 25.5 Å². The molecule has 2 N–H and O–H groups in total. The van der Waals surface area contributed by atoms with Crippen molar-refractivity contribution in [1.82, 2.24) is 25.2 Å². The highest BCUT2D eigenvalue weighted by atomic mass is 15.2. The SMILES string of the molecule is CCNC(=NCc1ccccn1)NCCCn1ccnc1. The molecule has 0 spiro atoms. The number of imidazole rings is 1. The minimum atomic E-state index is 0.581. The van der Waals surface area contributed by atoms with Gasteiger partial charge in [-0.15, -0.1) is 0 Å². The topological polar surface area (TPSA) is 67.1 Å². The Hall–Kier alpha value is -2.37. The van der Waals surface area contributed by atoms with Crippen molar-refractivity contribution in [1.29, 1.82) is 0 Å². The average molecular weight is 286 g/mol. The molecular formula is C15H22N6.